The zero-order valence-electron chi connectivity index (χ0n) is 16.0. The van der Waals surface area contributed by atoms with Crippen molar-refractivity contribution in [3.05, 3.63) is 59.7 Å². The third-order valence-corrected chi connectivity index (χ3v) is 4.93. The molecule has 1 aliphatic heterocycles. The number of esters is 1. The van der Waals surface area contributed by atoms with Gasteiger partial charge < -0.3 is 19.1 Å². The van der Waals surface area contributed by atoms with E-state index in [1.165, 1.54) is 33.0 Å². The SMILES string of the molecule is COC(=O)c1ccc(O[C@@H](CCN2CCCC2)c2ccccc2)c(OC)c1. The smallest absolute Gasteiger partial charge is 0.337 e. The Balaban J connectivity index is 1.79. The monoisotopic (exact) mass is 369 g/mol. The summed E-state index contributed by atoms with van der Waals surface area (Å²) in [5, 5.41) is 0. The zero-order chi connectivity index (χ0) is 19.1. The first-order chi connectivity index (χ1) is 13.2. The average Bonchev–Trinajstić information content (AvgIpc) is 3.24. The molecular weight excluding hydrogens is 342 g/mol. The molecule has 27 heavy (non-hydrogen) atoms. The highest BCUT2D eigenvalue weighted by atomic mass is 16.5. The molecule has 0 aliphatic carbocycles. The van der Waals surface area contributed by atoms with E-state index in [1.54, 1.807) is 25.3 Å². The van der Waals surface area contributed by atoms with Gasteiger partial charge in [0.15, 0.2) is 11.5 Å². The second-order valence-corrected chi connectivity index (χ2v) is 6.71. The minimum absolute atomic E-state index is 0.0790. The molecule has 0 spiro atoms. The Labute approximate surface area is 160 Å². The van der Waals surface area contributed by atoms with Gasteiger partial charge in [0.1, 0.15) is 6.10 Å². The second kappa shape index (κ2) is 9.42. The molecule has 0 amide bonds. The van der Waals surface area contributed by atoms with Crippen LogP contribution in [0, 0.1) is 0 Å². The predicted molar refractivity (Wildman–Crippen MR) is 104 cm³/mol. The Kier molecular flexibility index (Phi) is 6.71. The molecule has 0 unspecified atom stereocenters. The van der Waals surface area contributed by atoms with E-state index >= 15 is 0 Å². The molecule has 1 fully saturated rings. The molecule has 0 N–H and O–H groups in total. The van der Waals surface area contributed by atoms with E-state index in [1.807, 2.05) is 18.2 Å². The van der Waals surface area contributed by atoms with Gasteiger partial charge in [0.05, 0.1) is 19.8 Å². The topological polar surface area (TPSA) is 48.0 Å². The summed E-state index contributed by atoms with van der Waals surface area (Å²) < 4.78 is 16.6. The van der Waals surface area contributed by atoms with E-state index in [0.29, 0.717) is 17.1 Å². The quantitative estimate of drug-likeness (QED) is 0.656. The van der Waals surface area contributed by atoms with Gasteiger partial charge in [0.2, 0.25) is 0 Å². The van der Waals surface area contributed by atoms with Gasteiger partial charge >= 0.3 is 5.97 Å². The summed E-state index contributed by atoms with van der Waals surface area (Å²) >= 11 is 0. The molecule has 2 aromatic carbocycles. The molecular formula is C22H27NO4. The van der Waals surface area contributed by atoms with Crippen LogP contribution in [0.25, 0.3) is 0 Å². The highest BCUT2D eigenvalue weighted by Gasteiger charge is 2.20. The minimum Gasteiger partial charge on any atom is -0.493 e. The van der Waals surface area contributed by atoms with Crippen LogP contribution in [-0.2, 0) is 4.74 Å². The van der Waals surface area contributed by atoms with Crippen molar-refractivity contribution in [2.24, 2.45) is 0 Å². The fourth-order valence-corrected chi connectivity index (χ4v) is 3.43. The van der Waals surface area contributed by atoms with Crippen LogP contribution in [0.4, 0.5) is 0 Å². The summed E-state index contributed by atoms with van der Waals surface area (Å²) in [7, 11) is 2.94. The second-order valence-electron chi connectivity index (χ2n) is 6.71. The molecule has 5 nitrogen and oxygen atoms in total. The van der Waals surface area contributed by atoms with Crippen LogP contribution in [0.15, 0.2) is 48.5 Å². The number of hydrogen-bond donors (Lipinski definition) is 0. The maximum atomic E-state index is 11.8. The molecule has 5 heteroatoms. The Morgan fingerprint density at radius 3 is 2.44 bits per heavy atom. The summed E-state index contributed by atoms with van der Waals surface area (Å²) in [6.07, 6.45) is 3.37. The van der Waals surface area contributed by atoms with E-state index in [-0.39, 0.29) is 6.10 Å². The van der Waals surface area contributed by atoms with Crippen LogP contribution in [0.2, 0.25) is 0 Å². The molecule has 0 aromatic heterocycles. The standard InChI is InChI=1S/C22H27NO4/c1-25-21-16-18(22(24)26-2)10-11-20(21)27-19(17-8-4-3-5-9-17)12-15-23-13-6-7-14-23/h3-5,8-11,16,19H,6-7,12-15H2,1-2H3/t19-/m0/s1. The van der Waals surface area contributed by atoms with E-state index in [0.717, 1.165) is 18.5 Å². The number of ether oxygens (including phenoxy) is 3. The normalized spacial score (nSPS) is 15.3. The van der Waals surface area contributed by atoms with Crippen molar-refractivity contribution in [3.63, 3.8) is 0 Å². The number of methoxy groups -OCH3 is 2. The van der Waals surface area contributed by atoms with Crippen molar-refractivity contribution >= 4 is 5.97 Å². The number of hydrogen-bond acceptors (Lipinski definition) is 5. The van der Waals surface area contributed by atoms with Gasteiger partial charge in [-0.05, 0) is 49.7 Å². The lowest BCUT2D eigenvalue weighted by atomic mass is 10.1. The highest BCUT2D eigenvalue weighted by Crippen LogP contribution is 2.34. The highest BCUT2D eigenvalue weighted by molar-refractivity contribution is 5.90. The number of benzene rings is 2. The van der Waals surface area contributed by atoms with Crippen LogP contribution >= 0.6 is 0 Å². The third-order valence-electron chi connectivity index (χ3n) is 4.93. The lowest BCUT2D eigenvalue weighted by Crippen LogP contribution is -2.23. The lowest BCUT2D eigenvalue weighted by Gasteiger charge is -2.24. The van der Waals surface area contributed by atoms with Gasteiger partial charge in [-0.2, -0.15) is 0 Å². The van der Waals surface area contributed by atoms with Crippen molar-refractivity contribution in [1.29, 1.82) is 0 Å². The summed E-state index contributed by atoms with van der Waals surface area (Å²) in [5.41, 5.74) is 1.57. The van der Waals surface area contributed by atoms with Gasteiger partial charge in [-0.25, -0.2) is 4.79 Å². The average molecular weight is 369 g/mol. The maximum Gasteiger partial charge on any atom is 0.337 e. The van der Waals surface area contributed by atoms with E-state index in [9.17, 15) is 4.79 Å². The maximum absolute atomic E-state index is 11.8. The Bertz CT molecular complexity index is 741. The fraction of sp³-hybridized carbons (Fsp3) is 0.409. The fourth-order valence-electron chi connectivity index (χ4n) is 3.43. The molecule has 144 valence electrons. The molecule has 2 aromatic rings. The summed E-state index contributed by atoms with van der Waals surface area (Å²) in [4.78, 5) is 14.2. The molecule has 1 heterocycles. The number of likely N-dealkylation sites (tertiary alicyclic amines) is 1. The largest absolute Gasteiger partial charge is 0.493 e. The number of carbonyl (C=O) groups is 1. The van der Waals surface area contributed by atoms with Crippen LogP contribution in [0.3, 0.4) is 0 Å². The first-order valence-corrected chi connectivity index (χ1v) is 9.41. The van der Waals surface area contributed by atoms with E-state index in [4.69, 9.17) is 14.2 Å². The van der Waals surface area contributed by atoms with Crippen molar-refractivity contribution in [3.8, 4) is 11.5 Å². The van der Waals surface area contributed by atoms with Gasteiger partial charge in [-0.15, -0.1) is 0 Å². The molecule has 1 saturated heterocycles. The molecule has 0 saturated carbocycles. The minimum atomic E-state index is -0.395. The van der Waals surface area contributed by atoms with Gasteiger partial charge in [0.25, 0.3) is 0 Å². The predicted octanol–water partition coefficient (Wildman–Crippen LogP) is 4.09. The molecule has 0 radical (unpaired) electrons. The Hall–Kier alpha value is -2.53. The summed E-state index contributed by atoms with van der Waals surface area (Å²) in [6.45, 7) is 3.33. The van der Waals surface area contributed by atoms with Crippen LogP contribution < -0.4 is 9.47 Å². The van der Waals surface area contributed by atoms with Crippen LogP contribution in [0.1, 0.15) is 41.3 Å². The van der Waals surface area contributed by atoms with Crippen LogP contribution in [-0.4, -0.2) is 44.7 Å². The van der Waals surface area contributed by atoms with Gasteiger partial charge in [0, 0.05) is 13.0 Å². The van der Waals surface area contributed by atoms with Crippen molar-refractivity contribution in [1.82, 2.24) is 4.90 Å². The first kappa shape index (κ1) is 19.2. The van der Waals surface area contributed by atoms with Gasteiger partial charge in [-0.3, -0.25) is 0 Å². The molecule has 1 aliphatic rings. The molecule has 1 atom stereocenters. The third kappa shape index (κ3) is 5.01. The molecule has 0 bridgehead atoms. The van der Waals surface area contributed by atoms with E-state index in [2.05, 4.69) is 17.0 Å². The number of nitrogens with zero attached hydrogens (tertiary/aromatic N) is 1. The summed E-state index contributed by atoms with van der Waals surface area (Å²) in [5.74, 6) is 0.758. The Morgan fingerprint density at radius 1 is 1.04 bits per heavy atom. The van der Waals surface area contributed by atoms with Crippen molar-refractivity contribution in [2.45, 2.75) is 25.4 Å². The zero-order valence-corrected chi connectivity index (χ0v) is 16.0. The number of rotatable bonds is 8. The summed E-state index contributed by atoms with van der Waals surface area (Å²) in [6, 6.07) is 15.4. The lowest BCUT2D eigenvalue weighted by molar-refractivity contribution is 0.0600. The Morgan fingerprint density at radius 2 is 1.78 bits per heavy atom. The van der Waals surface area contributed by atoms with E-state index < -0.39 is 5.97 Å². The first-order valence-electron chi connectivity index (χ1n) is 9.41. The van der Waals surface area contributed by atoms with Crippen molar-refractivity contribution in [2.75, 3.05) is 33.9 Å². The van der Waals surface area contributed by atoms with Crippen molar-refractivity contribution < 1.29 is 19.0 Å². The van der Waals surface area contributed by atoms with Gasteiger partial charge in [-0.1, -0.05) is 30.3 Å². The van der Waals surface area contributed by atoms with Crippen LogP contribution in [0.5, 0.6) is 11.5 Å². The number of carbonyl (C=O) groups excluding carboxylic acids is 1. The molecule has 3 rings (SSSR count).